The van der Waals surface area contributed by atoms with E-state index in [2.05, 4.69) is 25.8 Å². The van der Waals surface area contributed by atoms with Crippen LogP contribution < -0.4 is 5.84 Å². The van der Waals surface area contributed by atoms with Crippen LogP contribution in [0.1, 0.15) is 13.8 Å². The van der Waals surface area contributed by atoms with E-state index in [0.717, 1.165) is 19.6 Å². The number of hydrogen-bond donors (Lipinski definition) is 1. The lowest BCUT2D eigenvalue weighted by Gasteiger charge is -2.43. The summed E-state index contributed by atoms with van der Waals surface area (Å²) >= 11 is 0. The summed E-state index contributed by atoms with van der Waals surface area (Å²) in [4.78, 5) is 2.31. The van der Waals surface area contributed by atoms with E-state index < -0.39 is 0 Å². The normalized spacial score (nSPS) is 28.8. The first kappa shape index (κ1) is 7.98. The first-order valence-corrected chi connectivity index (χ1v) is 3.73. The van der Waals surface area contributed by atoms with Gasteiger partial charge in [-0.2, -0.15) is 0 Å². The largest absolute Gasteiger partial charge is 0.303 e. The summed E-state index contributed by atoms with van der Waals surface area (Å²) in [6.45, 7) is 7.46. The molecule has 0 radical (unpaired) electrons. The summed E-state index contributed by atoms with van der Waals surface area (Å²) in [6, 6.07) is 0. The lowest BCUT2D eigenvalue weighted by atomic mass is 10.0. The van der Waals surface area contributed by atoms with Crippen molar-refractivity contribution >= 4 is 0 Å². The van der Waals surface area contributed by atoms with Crippen molar-refractivity contribution in [2.24, 2.45) is 5.84 Å². The molecular weight excluding hydrogens is 126 g/mol. The predicted octanol–water partition coefficient (Wildman–Crippen LogP) is -0.114. The molecule has 60 valence electrons. The van der Waals surface area contributed by atoms with Crippen molar-refractivity contribution in [1.29, 1.82) is 0 Å². The average molecular weight is 143 g/mol. The number of piperazine rings is 1. The van der Waals surface area contributed by atoms with E-state index >= 15 is 0 Å². The minimum absolute atomic E-state index is 0.146. The summed E-state index contributed by atoms with van der Waals surface area (Å²) in [7, 11) is 2.13. The van der Waals surface area contributed by atoms with E-state index in [4.69, 9.17) is 5.84 Å². The molecule has 0 bridgehead atoms. The molecule has 2 N–H and O–H groups in total. The molecule has 0 amide bonds. The van der Waals surface area contributed by atoms with Crippen molar-refractivity contribution < 1.29 is 0 Å². The van der Waals surface area contributed by atoms with Crippen molar-refractivity contribution in [2.75, 3.05) is 26.7 Å². The van der Waals surface area contributed by atoms with Gasteiger partial charge in [0.05, 0.1) is 0 Å². The summed E-state index contributed by atoms with van der Waals surface area (Å²) in [5.74, 6) is 5.78. The molecule has 1 fully saturated rings. The first-order chi connectivity index (χ1) is 4.52. The highest BCUT2D eigenvalue weighted by atomic mass is 15.5. The van der Waals surface area contributed by atoms with Gasteiger partial charge in [0.25, 0.3) is 0 Å². The number of rotatable bonds is 0. The fourth-order valence-electron chi connectivity index (χ4n) is 1.41. The van der Waals surface area contributed by atoms with Crippen LogP contribution in [0.15, 0.2) is 0 Å². The van der Waals surface area contributed by atoms with Crippen LogP contribution in [0.25, 0.3) is 0 Å². The molecule has 0 aromatic heterocycles. The summed E-state index contributed by atoms with van der Waals surface area (Å²) < 4.78 is 0. The van der Waals surface area contributed by atoms with Crippen LogP contribution in [0.5, 0.6) is 0 Å². The fraction of sp³-hybridized carbons (Fsp3) is 1.00. The highest BCUT2D eigenvalue weighted by Gasteiger charge is 2.29. The van der Waals surface area contributed by atoms with Crippen molar-refractivity contribution in [3.63, 3.8) is 0 Å². The van der Waals surface area contributed by atoms with Crippen LogP contribution in [0.3, 0.4) is 0 Å². The topological polar surface area (TPSA) is 32.5 Å². The minimum atomic E-state index is 0.146. The Morgan fingerprint density at radius 1 is 1.30 bits per heavy atom. The van der Waals surface area contributed by atoms with Crippen molar-refractivity contribution in [3.8, 4) is 0 Å². The van der Waals surface area contributed by atoms with Gasteiger partial charge in [-0.1, -0.05) is 0 Å². The molecule has 3 nitrogen and oxygen atoms in total. The van der Waals surface area contributed by atoms with Crippen LogP contribution >= 0.6 is 0 Å². The standard InChI is InChI=1S/C7H17N3/c1-7(2)6-9(3)4-5-10(7)8/h4-6,8H2,1-3H3. The molecule has 0 unspecified atom stereocenters. The van der Waals surface area contributed by atoms with Gasteiger partial charge in [0.1, 0.15) is 0 Å². The molecule has 0 atom stereocenters. The molecule has 1 heterocycles. The highest BCUT2D eigenvalue weighted by Crippen LogP contribution is 2.15. The Hall–Kier alpha value is -0.120. The molecule has 1 aliphatic rings. The molecular formula is C7H17N3. The quantitative estimate of drug-likeness (QED) is 0.480. The van der Waals surface area contributed by atoms with E-state index in [9.17, 15) is 0 Å². The first-order valence-electron chi connectivity index (χ1n) is 3.73. The molecule has 0 saturated carbocycles. The van der Waals surface area contributed by atoms with Crippen molar-refractivity contribution in [3.05, 3.63) is 0 Å². The molecule has 1 aliphatic heterocycles. The lowest BCUT2D eigenvalue weighted by Crippen LogP contribution is -2.60. The molecule has 3 heteroatoms. The zero-order chi connectivity index (χ0) is 7.78. The molecule has 0 spiro atoms. The maximum absolute atomic E-state index is 5.78. The fourth-order valence-corrected chi connectivity index (χ4v) is 1.41. The Bertz CT molecular complexity index is 122. The Morgan fingerprint density at radius 3 is 2.30 bits per heavy atom. The SMILES string of the molecule is CN1CCN(N)C(C)(C)C1. The summed E-state index contributed by atoms with van der Waals surface area (Å²) in [5.41, 5.74) is 0.146. The zero-order valence-corrected chi connectivity index (χ0v) is 7.09. The third-order valence-corrected chi connectivity index (χ3v) is 2.16. The molecule has 0 aliphatic carbocycles. The van der Waals surface area contributed by atoms with Gasteiger partial charge in [-0.25, -0.2) is 5.01 Å². The number of nitrogens with two attached hydrogens (primary N) is 1. The third-order valence-electron chi connectivity index (χ3n) is 2.16. The number of likely N-dealkylation sites (N-methyl/N-ethyl adjacent to an activating group) is 1. The lowest BCUT2D eigenvalue weighted by molar-refractivity contribution is 0.0315. The second-order valence-electron chi connectivity index (χ2n) is 3.74. The van der Waals surface area contributed by atoms with Gasteiger partial charge in [-0.05, 0) is 20.9 Å². The average Bonchev–Trinajstić information content (AvgIpc) is 1.78. The van der Waals surface area contributed by atoms with Gasteiger partial charge in [-0.3, -0.25) is 5.84 Å². The van der Waals surface area contributed by atoms with Gasteiger partial charge in [0, 0.05) is 25.2 Å². The van der Waals surface area contributed by atoms with E-state index in [1.54, 1.807) is 0 Å². The Balaban J connectivity index is 2.55. The maximum Gasteiger partial charge on any atom is 0.0422 e. The van der Waals surface area contributed by atoms with Crippen molar-refractivity contribution in [2.45, 2.75) is 19.4 Å². The predicted molar refractivity (Wildman–Crippen MR) is 42.5 cm³/mol. The van der Waals surface area contributed by atoms with Gasteiger partial charge in [0.15, 0.2) is 0 Å². The monoisotopic (exact) mass is 143 g/mol. The van der Waals surface area contributed by atoms with Crippen molar-refractivity contribution in [1.82, 2.24) is 9.91 Å². The Kier molecular flexibility index (Phi) is 1.99. The zero-order valence-electron chi connectivity index (χ0n) is 7.09. The number of hydrazine groups is 1. The molecule has 1 rings (SSSR count). The minimum Gasteiger partial charge on any atom is -0.303 e. The van der Waals surface area contributed by atoms with Crippen LogP contribution in [0.2, 0.25) is 0 Å². The van der Waals surface area contributed by atoms with Crippen LogP contribution in [-0.4, -0.2) is 42.1 Å². The van der Waals surface area contributed by atoms with Crippen LogP contribution in [0, 0.1) is 0 Å². The van der Waals surface area contributed by atoms with E-state index in [1.165, 1.54) is 0 Å². The van der Waals surface area contributed by atoms with Crippen LogP contribution in [-0.2, 0) is 0 Å². The van der Waals surface area contributed by atoms with E-state index in [0.29, 0.717) is 0 Å². The van der Waals surface area contributed by atoms with Gasteiger partial charge in [0.2, 0.25) is 0 Å². The number of hydrogen-bond acceptors (Lipinski definition) is 3. The summed E-state index contributed by atoms with van der Waals surface area (Å²) in [5, 5.41) is 1.92. The molecule has 0 aromatic carbocycles. The second-order valence-corrected chi connectivity index (χ2v) is 3.74. The molecule has 1 saturated heterocycles. The van der Waals surface area contributed by atoms with Gasteiger partial charge >= 0.3 is 0 Å². The van der Waals surface area contributed by atoms with Crippen LogP contribution in [0.4, 0.5) is 0 Å². The van der Waals surface area contributed by atoms with E-state index in [1.807, 2.05) is 5.01 Å². The maximum atomic E-state index is 5.78. The smallest absolute Gasteiger partial charge is 0.0422 e. The Morgan fingerprint density at radius 2 is 1.90 bits per heavy atom. The van der Waals surface area contributed by atoms with Gasteiger partial charge in [-0.15, -0.1) is 0 Å². The summed E-state index contributed by atoms with van der Waals surface area (Å²) in [6.07, 6.45) is 0. The third kappa shape index (κ3) is 1.48. The highest BCUT2D eigenvalue weighted by molar-refractivity contribution is 4.85. The van der Waals surface area contributed by atoms with Gasteiger partial charge < -0.3 is 4.90 Å². The second kappa shape index (κ2) is 2.49. The van der Waals surface area contributed by atoms with E-state index in [-0.39, 0.29) is 5.54 Å². The molecule has 0 aromatic rings. The number of nitrogens with zero attached hydrogens (tertiary/aromatic N) is 2. The molecule has 10 heavy (non-hydrogen) atoms. The Labute approximate surface area is 62.8 Å².